The molecule has 0 aliphatic carbocycles. The van der Waals surface area contributed by atoms with Gasteiger partial charge in [0.05, 0.1) is 0 Å². The van der Waals surface area contributed by atoms with Gasteiger partial charge in [-0.15, -0.1) is 0 Å². The zero-order valence-electron chi connectivity index (χ0n) is 13.8. The van der Waals surface area contributed by atoms with Gasteiger partial charge in [0.25, 0.3) is 5.91 Å². The Bertz CT molecular complexity index is 731. The van der Waals surface area contributed by atoms with E-state index >= 15 is 0 Å². The van der Waals surface area contributed by atoms with Crippen LogP contribution in [0.3, 0.4) is 0 Å². The monoisotopic (exact) mass is 340 g/mol. The van der Waals surface area contributed by atoms with Crippen LogP contribution in [0, 0.1) is 0 Å². The number of hydrogen-bond acceptors (Lipinski definition) is 4. The second-order valence-corrected chi connectivity index (χ2v) is 6.02. The maximum absolute atomic E-state index is 12.6. The van der Waals surface area contributed by atoms with Crippen LogP contribution in [0.5, 0.6) is 5.75 Å². The molecule has 1 unspecified atom stereocenters. The third-order valence-corrected chi connectivity index (χ3v) is 4.30. The van der Waals surface area contributed by atoms with Crippen LogP contribution in [-0.2, 0) is 11.4 Å². The minimum absolute atomic E-state index is 0.243. The number of carboxylic acids is 1. The van der Waals surface area contributed by atoms with Gasteiger partial charge in [0, 0.05) is 24.5 Å². The Kier molecular flexibility index (Phi) is 5.28. The van der Waals surface area contributed by atoms with Gasteiger partial charge < -0.3 is 14.7 Å². The van der Waals surface area contributed by atoms with Crippen molar-refractivity contribution in [1.82, 2.24) is 9.88 Å². The maximum Gasteiger partial charge on any atom is 0.326 e. The van der Waals surface area contributed by atoms with Gasteiger partial charge in [-0.2, -0.15) is 0 Å². The van der Waals surface area contributed by atoms with Crippen molar-refractivity contribution in [2.45, 2.75) is 31.9 Å². The Balaban J connectivity index is 1.65. The van der Waals surface area contributed by atoms with Crippen LogP contribution in [0.4, 0.5) is 0 Å². The van der Waals surface area contributed by atoms with Crippen molar-refractivity contribution in [2.24, 2.45) is 0 Å². The minimum Gasteiger partial charge on any atom is -0.489 e. The third kappa shape index (κ3) is 4.15. The standard InChI is InChI=1S/C19H20N2O4/c22-18(21-12-2-1-3-17(21)19(23)24)15-4-6-16(7-5-15)25-13-14-8-10-20-11-9-14/h4-11,17H,1-3,12-13H2,(H,23,24). The molecule has 2 aromatic rings. The summed E-state index contributed by atoms with van der Waals surface area (Å²) in [6.07, 6.45) is 5.59. The van der Waals surface area contributed by atoms with E-state index in [1.54, 1.807) is 36.7 Å². The molecule has 0 spiro atoms. The highest BCUT2D eigenvalue weighted by atomic mass is 16.5. The van der Waals surface area contributed by atoms with E-state index in [0.29, 0.717) is 30.9 Å². The molecule has 1 atom stereocenters. The second kappa shape index (κ2) is 7.79. The van der Waals surface area contributed by atoms with Gasteiger partial charge in [-0.3, -0.25) is 9.78 Å². The summed E-state index contributed by atoms with van der Waals surface area (Å²) in [4.78, 5) is 29.4. The number of pyridine rings is 1. The molecule has 0 saturated carbocycles. The number of aliphatic carboxylic acids is 1. The first-order valence-corrected chi connectivity index (χ1v) is 8.30. The Morgan fingerprint density at radius 2 is 1.84 bits per heavy atom. The van der Waals surface area contributed by atoms with E-state index in [1.165, 1.54) is 4.90 Å². The fourth-order valence-corrected chi connectivity index (χ4v) is 2.94. The van der Waals surface area contributed by atoms with Crippen molar-refractivity contribution < 1.29 is 19.4 Å². The molecule has 1 aromatic carbocycles. The number of carbonyl (C=O) groups excluding carboxylic acids is 1. The lowest BCUT2D eigenvalue weighted by Crippen LogP contribution is -2.47. The molecule has 1 aliphatic rings. The predicted molar refractivity (Wildman–Crippen MR) is 91.3 cm³/mol. The van der Waals surface area contributed by atoms with E-state index in [4.69, 9.17) is 4.74 Å². The van der Waals surface area contributed by atoms with Crippen LogP contribution >= 0.6 is 0 Å². The summed E-state index contributed by atoms with van der Waals surface area (Å²) in [6, 6.07) is 9.84. The number of aromatic nitrogens is 1. The molecule has 6 nitrogen and oxygen atoms in total. The molecule has 130 valence electrons. The van der Waals surface area contributed by atoms with Crippen LogP contribution in [0.2, 0.25) is 0 Å². The first kappa shape index (κ1) is 17.0. The quantitative estimate of drug-likeness (QED) is 0.905. The average molecular weight is 340 g/mol. The number of likely N-dealkylation sites (tertiary alicyclic amines) is 1. The van der Waals surface area contributed by atoms with Crippen molar-refractivity contribution in [3.8, 4) is 5.75 Å². The van der Waals surface area contributed by atoms with Crippen molar-refractivity contribution in [3.05, 3.63) is 59.9 Å². The molecule has 1 amide bonds. The molecule has 1 aliphatic heterocycles. The summed E-state index contributed by atoms with van der Waals surface area (Å²) in [7, 11) is 0. The van der Waals surface area contributed by atoms with Gasteiger partial charge in [-0.05, 0) is 61.2 Å². The molecule has 0 radical (unpaired) electrons. The fourth-order valence-electron chi connectivity index (χ4n) is 2.94. The highest BCUT2D eigenvalue weighted by Crippen LogP contribution is 2.21. The van der Waals surface area contributed by atoms with Gasteiger partial charge in [0.2, 0.25) is 0 Å². The van der Waals surface area contributed by atoms with E-state index in [9.17, 15) is 14.7 Å². The lowest BCUT2D eigenvalue weighted by Gasteiger charge is -2.33. The SMILES string of the molecule is O=C(O)C1CCCCN1C(=O)c1ccc(OCc2ccncc2)cc1. The molecular weight excluding hydrogens is 320 g/mol. The fraction of sp³-hybridized carbons (Fsp3) is 0.316. The highest BCUT2D eigenvalue weighted by molar-refractivity contribution is 5.96. The number of rotatable bonds is 5. The van der Waals surface area contributed by atoms with Gasteiger partial charge in [-0.1, -0.05) is 0 Å². The molecule has 1 N–H and O–H groups in total. The van der Waals surface area contributed by atoms with Gasteiger partial charge >= 0.3 is 5.97 Å². The Morgan fingerprint density at radius 1 is 1.12 bits per heavy atom. The molecule has 2 heterocycles. The molecule has 6 heteroatoms. The first-order chi connectivity index (χ1) is 12.1. The summed E-state index contributed by atoms with van der Waals surface area (Å²) < 4.78 is 5.68. The number of hydrogen-bond donors (Lipinski definition) is 1. The Hall–Kier alpha value is -2.89. The molecular formula is C19H20N2O4. The largest absolute Gasteiger partial charge is 0.489 e. The minimum atomic E-state index is -0.939. The van der Waals surface area contributed by atoms with E-state index in [1.807, 2.05) is 12.1 Å². The van der Waals surface area contributed by atoms with Crippen molar-refractivity contribution in [3.63, 3.8) is 0 Å². The lowest BCUT2D eigenvalue weighted by molar-refractivity contribution is -0.143. The second-order valence-electron chi connectivity index (χ2n) is 6.02. The maximum atomic E-state index is 12.6. The number of nitrogens with zero attached hydrogens (tertiary/aromatic N) is 2. The normalized spacial score (nSPS) is 17.1. The highest BCUT2D eigenvalue weighted by Gasteiger charge is 2.32. The van der Waals surface area contributed by atoms with E-state index < -0.39 is 12.0 Å². The van der Waals surface area contributed by atoms with Crippen molar-refractivity contribution in [2.75, 3.05) is 6.54 Å². The zero-order valence-corrected chi connectivity index (χ0v) is 13.8. The number of piperidine rings is 1. The first-order valence-electron chi connectivity index (χ1n) is 8.30. The lowest BCUT2D eigenvalue weighted by atomic mass is 10.0. The van der Waals surface area contributed by atoms with E-state index in [0.717, 1.165) is 18.4 Å². The van der Waals surface area contributed by atoms with Gasteiger partial charge in [0.15, 0.2) is 0 Å². The van der Waals surface area contributed by atoms with Crippen molar-refractivity contribution >= 4 is 11.9 Å². The smallest absolute Gasteiger partial charge is 0.326 e. The predicted octanol–water partition coefficient (Wildman–Crippen LogP) is 2.74. The van der Waals surface area contributed by atoms with E-state index in [-0.39, 0.29) is 5.91 Å². The summed E-state index contributed by atoms with van der Waals surface area (Å²) in [6.45, 7) is 0.902. The summed E-state index contributed by atoms with van der Waals surface area (Å²) in [5, 5.41) is 9.31. The van der Waals surface area contributed by atoms with Crippen LogP contribution in [-0.4, -0.2) is 39.5 Å². The van der Waals surface area contributed by atoms with Gasteiger partial charge in [0.1, 0.15) is 18.4 Å². The summed E-state index contributed by atoms with van der Waals surface area (Å²) in [5.41, 5.74) is 1.48. The number of benzene rings is 1. The molecule has 1 fully saturated rings. The summed E-state index contributed by atoms with van der Waals surface area (Å²) in [5.74, 6) is -0.528. The van der Waals surface area contributed by atoms with Crippen molar-refractivity contribution in [1.29, 1.82) is 0 Å². The molecule has 3 rings (SSSR count). The molecule has 0 bridgehead atoms. The molecule has 1 aromatic heterocycles. The van der Waals surface area contributed by atoms with Crippen LogP contribution in [0.1, 0.15) is 35.2 Å². The van der Waals surface area contributed by atoms with Crippen LogP contribution < -0.4 is 4.74 Å². The van der Waals surface area contributed by atoms with Crippen LogP contribution in [0.15, 0.2) is 48.8 Å². The number of ether oxygens (including phenoxy) is 1. The topological polar surface area (TPSA) is 79.7 Å². The van der Waals surface area contributed by atoms with E-state index in [2.05, 4.69) is 4.98 Å². The average Bonchev–Trinajstić information content (AvgIpc) is 2.67. The third-order valence-electron chi connectivity index (χ3n) is 4.30. The number of carboxylic acid groups (broad SMARTS) is 1. The number of amides is 1. The molecule has 25 heavy (non-hydrogen) atoms. The summed E-state index contributed by atoms with van der Waals surface area (Å²) >= 11 is 0. The number of carbonyl (C=O) groups is 2. The van der Waals surface area contributed by atoms with Crippen LogP contribution in [0.25, 0.3) is 0 Å². The zero-order chi connectivity index (χ0) is 17.6. The molecule has 1 saturated heterocycles. The Morgan fingerprint density at radius 3 is 2.52 bits per heavy atom. The Labute approximate surface area is 146 Å². The van der Waals surface area contributed by atoms with Gasteiger partial charge in [-0.25, -0.2) is 4.79 Å².